The second kappa shape index (κ2) is 9.23. The van der Waals surface area contributed by atoms with Gasteiger partial charge in [0, 0.05) is 12.2 Å². The number of hydrogen-bond acceptors (Lipinski definition) is 2. The molecule has 0 fully saturated rings. The largest absolute Gasteiger partial charge is 0.461 e. The molecule has 0 aliphatic carbocycles. The van der Waals surface area contributed by atoms with Gasteiger partial charge < -0.3 is 9.47 Å². The lowest BCUT2D eigenvalue weighted by atomic mass is 9.76. The number of ether oxygens (including phenoxy) is 2. The lowest BCUT2D eigenvalue weighted by Crippen LogP contribution is -2.16. The summed E-state index contributed by atoms with van der Waals surface area (Å²) in [6.45, 7) is 14.1. The van der Waals surface area contributed by atoms with Crippen LogP contribution < -0.4 is 4.74 Å². The standard InChI is InChI=1S/C24H34O2/c1-7-25-23(20-11-9-8-10-12-20)26-21-15-13-19(14-16-21)22(18(2)3)17-24(4,5)6/h8-16,18,22-23H,7,17H2,1-6H3. The van der Waals surface area contributed by atoms with Gasteiger partial charge in [-0.25, -0.2) is 0 Å². The maximum absolute atomic E-state index is 6.11. The normalized spacial score (nSPS) is 14.3. The number of hydrogen-bond donors (Lipinski definition) is 0. The quantitative estimate of drug-likeness (QED) is 0.476. The van der Waals surface area contributed by atoms with Gasteiger partial charge in [-0.3, -0.25) is 0 Å². The summed E-state index contributed by atoms with van der Waals surface area (Å²) in [6.07, 6.45) is 0.804. The van der Waals surface area contributed by atoms with E-state index in [2.05, 4.69) is 58.9 Å². The molecular weight excluding hydrogens is 320 g/mol. The Morgan fingerprint density at radius 1 is 0.846 bits per heavy atom. The smallest absolute Gasteiger partial charge is 0.226 e. The van der Waals surface area contributed by atoms with Crippen molar-refractivity contribution >= 4 is 0 Å². The first kappa shape index (κ1) is 20.5. The molecule has 0 saturated heterocycles. The highest BCUT2D eigenvalue weighted by Crippen LogP contribution is 2.37. The fraction of sp³-hybridized carbons (Fsp3) is 0.500. The van der Waals surface area contributed by atoms with Gasteiger partial charge in [-0.05, 0) is 48.3 Å². The van der Waals surface area contributed by atoms with Crippen molar-refractivity contribution in [3.05, 3.63) is 65.7 Å². The number of rotatable bonds is 8. The zero-order valence-electron chi connectivity index (χ0n) is 17.2. The van der Waals surface area contributed by atoms with E-state index in [1.165, 1.54) is 12.0 Å². The lowest BCUT2D eigenvalue weighted by molar-refractivity contribution is -0.0786. The molecule has 0 aliphatic heterocycles. The van der Waals surface area contributed by atoms with Gasteiger partial charge in [0.15, 0.2) is 0 Å². The Labute approximate surface area is 159 Å². The van der Waals surface area contributed by atoms with Gasteiger partial charge in [-0.2, -0.15) is 0 Å². The SMILES string of the molecule is CCOC(Oc1ccc(C(CC(C)(C)C)C(C)C)cc1)c1ccccc1. The van der Waals surface area contributed by atoms with Crippen LogP contribution in [0.15, 0.2) is 54.6 Å². The number of benzene rings is 2. The van der Waals surface area contributed by atoms with Gasteiger partial charge >= 0.3 is 0 Å². The molecule has 0 bridgehead atoms. The summed E-state index contributed by atoms with van der Waals surface area (Å²) in [6, 6.07) is 18.6. The van der Waals surface area contributed by atoms with Crippen molar-refractivity contribution in [2.24, 2.45) is 11.3 Å². The van der Waals surface area contributed by atoms with Crippen LogP contribution in [-0.4, -0.2) is 6.61 Å². The molecule has 26 heavy (non-hydrogen) atoms. The van der Waals surface area contributed by atoms with Crippen LogP contribution in [-0.2, 0) is 4.74 Å². The molecule has 0 aromatic heterocycles. The topological polar surface area (TPSA) is 18.5 Å². The summed E-state index contributed by atoms with van der Waals surface area (Å²) in [5, 5.41) is 0. The van der Waals surface area contributed by atoms with E-state index in [9.17, 15) is 0 Å². The molecule has 2 heteroatoms. The van der Waals surface area contributed by atoms with E-state index in [0.29, 0.717) is 23.9 Å². The fourth-order valence-corrected chi connectivity index (χ4v) is 3.28. The summed E-state index contributed by atoms with van der Waals surface area (Å²) in [4.78, 5) is 0. The molecule has 0 heterocycles. The van der Waals surface area contributed by atoms with E-state index < -0.39 is 0 Å². The summed E-state index contributed by atoms with van der Waals surface area (Å²) in [5.74, 6) is 2.01. The van der Waals surface area contributed by atoms with Crippen LogP contribution in [0.4, 0.5) is 0 Å². The van der Waals surface area contributed by atoms with E-state index in [-0.39, 0.29) is 6.29 Å². The summed E-state index contributed by atoms with van der Waals surface area (Å²) in [7, 11) is 0. The molecule has 0 aliphatic rings. The van der Waals surface area contributed by atoms with Gasteiger partial charge in [-0.1, -0.05) is 77.1 Å². The Balaban J connectivity index is 2.14. The van der Waals surface area contributed by atoms with Crippen LogP contribution >= 0.6 is 0 Å². The van der Waals surface area contributed by atoms with Gasteiger partial charge in [-0.15, -0.1) is 0 Å². The minimum atomic E-state index is -0.373. The second-order valence-electron chi connectivity index (χ2n) is 8.50. The summed E-state index contributed by atoms with van der Waals surface area (Å²) < 4.78 is 11.9. The maximum Gasteiger partial charge on any atom is 0.226 e. The van der Waals surface area contributed by atoms with Crippen molar-refractivity contribution < 1.29 is 9.47 Å². The zero-order valence-corrected chi connectivity index (χ0v) is 17.2. The zero-order chi connectivity index (χ0) is 19.2. The average molecular weight is 355 g/mol. The molecule has 0 spiro atoms. The third-order valence-corrected chi connectivity index (χ3v) is 4.58. The first-order valence-electron chi connectivity index (χ1n) is 9.73. The average Bonchev–Trinajstić information content (AvgIpc) is 2.60. The van der Waals surface area contributed by atoms with E-state index in [1.54, 1.807) is 0 Å². The first-order chi connectivity index (χ1) is 12.3. The summed E-state index contributed by atoms with van der Waals surface area (Å²) in [5.41, 5.74) is 2.73. The minimum Gasteiger partial charge on any atom is -0.461 e. The monoisotopic (exact) mass is 354 g/mol. The Bertz CT molecular complexity index is 638. The second-order valence-corrected chi connectivity index (χ2v) is 8.50. The predicted molar refractivity (Wildman–Crippen MR) is 110 cm³/mol. The van der Waals surface area contributed by atoms with E-state index in [0.717, 1.165) is 11.3 Å². The molecule has 142 valence electrons. The van der Waals surface area contributed by atoms with Crippen LogP contribution in [0.3, 0.4) is 0 Å². The van der Waals surface area contributed by atoms with Crippen LogP contribution in [0.5, 0.6) is 5.75 Å². The Kier molecular flexibility index (Phi) is 7.28. The molecule has 0 radical (unpaired) electrons. The van der Waals surface area contributed by atoms with Gasteiger partial charge in [0.2, 0.25) is 6.29 Å². The molecule has 2 rings (SSSR count). The molecule has 2 atom stereocenters. The third-order valence-electron chi connectivity index (χ3n) is 4.58. The van der Waals surface area contributed by atoms with Crippen molar-refractivity contribution in [3.8, 4) is 5.75 Å². The highest BCUT2D eigenvalue weighted by Gasteiger charge is 2.23. The van der Waals surface area contributed by atoms with E-state index in [1.807, 2.05) is 37.3 Å². The van der Waals surface area contributed by atoms with Crippen molar-refractivity contribution in [2.45, 2.75) is 60.2 Å². The Morgan fingerprint density at radius 2 is 1.46 bits per heavy atom. The van der Waals surface area contributed by atoms with E-state index in [4.69, 9.17) is 9.47 Å². The minimum absolute atomic E-state index is 0.317. The molecule has 2 nitrogen and oxygen atoms in total. The van der Waals surface area contributed by atoms with Crippen molar-refractivity contribution in [2.75, 3.05) is 6.61 Å². The van der Waals surface area contributed by atoms with Crippen molar-refractivity contribution in [3.63, 3.8) is 0 Å². The molecule has 0 N–H and O–H groups in total. The molecule has 0 saturated carbocycles. The highest BCUT2D eigenvalue weighted by molar-refractivity contribution is 5.30. The first-order valence-corrected chi connectivity index (χ1v) is 9.73. The van der Waals surface area contributed by atoms with Crippen LogP contribution in [0.1, 0.15) is 71.3 Å². The van der Waals surface area contributed by atoms with E-state index >= 15 is 0 Å². The van der Waals surface area contributed by atoms with Gasteiger partial charge in [0.1, 0.15) is 5.75 Å². The Morgan fingerprint density at radius 3 is 1.96 bits per heavy atom. The molecule has 2 unspecified atom stereocenters. The Hall–Kier alpha value is -1.80. The highest BCUT2D eigenvalue weighted by atomic mass is 16.7. The third kappa shape index (κ3) is 6.17. The molecular formula is C24H34O2. The molecule has 0 amide bonds. The summed E-state index contributed by atoms with van der Waals surface area (Å²) >= 11 is 0. The van der Waals surface area contributed by atoms with Crippen LogP contribution in [0.25, 0.3) is 0 Å². The van der Waals surface area contributed by atoms with Gasteiger partial charge in [0.25, 0.3) is 0 Å². The lowest BCUT2D eigenvalue weighted by Gasteiger charge is -2.29. The van der Waals surface area contributed by atoms with Crippen molar-refractivity contribution in [1.82, 2.24) is 0 Å². The fourth-order valence-electron chi connectivity index (χ4n) is 3.28. The predicted octanol–water partition coefficient (Wildman–Crippen LogP) is 6.98. The van der Waals surface area contributed by atoms with Crippen molar-refractivity contribution in [1.29, 1.82) is 0 Å². The molecule has 2 aromatic rings. The maximum atomic E-state index is 6.11. The molecule has 2 aromatic carbocycles. The van der Waals surface area contributed by atoms with Crippen LogP contribution in [0.2, 0.25) is 0 Å². The van der Waals surface area contributed by atoms with Crippen LogP contribution in [0, 0.1) is 11.3 Å². The van der Waals surface area contributed by atoms with Gasteiger partial charge in [0.05, 0.1) is 0 Å².